The van der Waals surface area contributed by atoms with E-state index < -0.39 is 0 Å². The van der Waals surface area contributed by atoms with Gasteiger partial charge < -0.3 is 15.2 Å². The molecule has 2 aliphatic rings. The van der Waals surface area contributed by atoms with Crippen LogP contribution in [0.4, 0.5) is 0 Å². The summed E-state index contributed by atoms with van der Waals surface area (Å²) in [6, 6.07) is 21.4. The molecule has 0 bridgehead atoms. The molecule has 4 heteroatoms. The molecule has 2 fully saturated rings. The van der Waals surface area contributed by atoms with Gasteiger partial charge in [-0.05, 0) is 65.3 Å². The minimum absolute atomic E-state index is 0. The molecule has 3 nitrogen and oxygen atoms in total. The average molecular weight is 693 g/mol. The van der Waals surface area contributed by atoms with Crippen molar-refractivity contribution in [2.75, 3.05) is 0 Å². The Bertz CT molecular complexity index is 1090. The Kier molecular flexibility index (Phi) is 12.0. The van der Waals surface area contributed by atoms with Gasteiger partial charge in [-0.3, -0.25) is 0 Å². The van der Waals surface area contributed by atoms with Crippen molar-refractivity contribution < 1.29 is 30.3 Å². The van der Waals surface area contributed by atoms with Crippen LogP contribution in [0, 0.1) is 41.6 Å². The maximum Gasteiger partial charge on any atom is 0.0626 e. The first-order valence-electron chi connectivity index (χ1n) is 14.7. The second-order valence-corrected chi connectivity index (χ2v) is 11.3. The fraction of sp³-hybridized carbons (Fsp3) is 0.559. The Morgan fingerprint density at radius 3 is 2.05 bits per heavy atom. The number of pyridine rings is 1. The normalized spacial score (nSPS) is 26.5. The molecule has 4 unspecified atom stereocenters. The maximum atomic E-state index is 10.9. The summed E-state index contributed by atoms with van der Waals surface area (Å²) in [6.07, 6.45) is 9.51. The molecule has 2 N–H and O–H groups in total. The molecule has 6 atom stereocenters. The van der Waals surface area contributed by atoms with Crippen LogP contribution in [0.25, 0.3) is 22.0 Å². The van der Waals surface area contributed by atoms with Gasteiger partial charge >= 0.3 is 0 Å². The standard InChI is InChI=1S/C19H36O2.C15H10N.Ir/c1-5-12(6-2)15-10-9-14-11-16(13(7-3)8-4)19(21)17(14)18(15)20;1-2-6-12(7-3-1)15-10-13-8-4-5-9-14(13)11-16-15;/h12-21H,5-11H2,1-4H3;1-6,8-11H;/q;-1;/t14?,15-,16-,17?,18?,19?;;/m1../s1. The SMILES string of the molecule is CCC(CC)[C@H]1CCC2C[C@H](C(CC)CC)C(O)C2C1O.[Ir].[c-]1ccccc1-c1cc2ccccc2cn1. The largest absolute Gasteiger partial charge is 0.392 e. The van der Waals surface area contributed by atoms with Crippen LogP contribution >= 0.6 is 0 Å². The van der Waals surface area contributed by atoms with E-state index in [1.807, 2.05) is 42.6 Å². The molecule has 0 aliphatic heterocycles. The van der Waals surface area contributed by atoms with Gasteiger partial charge in [0, 0.05) is 32.2 Å². The van der Waals surface area contributed by atoms with E-state index in [1.165, 1.54) is 17.2 Å². The summed E-state index contributed by atoms with van der Waals surface area (Å²) in [6.45, 7) is 8.97. The molecule has 1 aromatic heterocycles. The minimum atomic E-state index is -0.275. The van der Waals surface area contributed by atoms with Crippen LogP contribution in [0.1, 0.15) is 72.6 Å². The van der Waals surface area contributed by atoms with E-state index in [2.05, 4.69) is 56.9 Å². The third kappa shape index (κ3) is 6.76. The number of aliphatic hydroxyl groups excluding tert-OH is 2. The van der Waals surface area contributed by atoms with E-state index in [9.17, 15) is 10.2 Å². The maximum absolute atomic E-state index is 10.9. The van der Waals surface area contributed by atoms with Gasteiger partial charge in [0.25, 0.3) is 0 Å². The van der Waals surface area contributed by atoms with Crippen molar-refractivity contribution in [3.05, 3.63) is 66.9 Å². The van der Waals surface area contributed by atoms with Gasteiger partial charge in [0.15, 0.2) is 0 Å². The monoisotopic (exact) mass is 693 g/mol. The Morgan fingerprint density at radius 2 is 1.42 bits per heavy atom. The first kappa shape index (κ1) is 31.0. The van der Waals surface area contributed by atoms with Crippen LogP contribution in [0.2, 0.25) is 0 Å². The Labute approximate surface area is 243 Å². The van der Waals surface area contributed by atoms with Crippen LogP contribution in [-0.2, 0) is 20.1 Å². The van der Waals surface area contributed by atoms with Gasteiger partial charge in [-0.2, -0.15) is 0 Å². The average Bonchev–Trinajstić information content (AvgIpc) is 3.28. The van der Waals surface area contributed by atoms with E-state index in [0.29, 0.717) is 29.6 Å². The van der Waals surface area contributed by atoms with Crippen LogP contribution in [0.15, 0.2) is 60.8 Å². The smallest absolute Gasteiger partial charge is 0.0626 e. The Balaban J connectivity index is 0.000000211. The van der Waals surface area contributed by atoms with Crippen molar-refractivity contribution in [2.45, 2.75) is 84.8 Å². The molecule has 209 valence electrons. The third-order valence-electron chi connectivity index (χ3n) is 9.58. The van der Waals surface area contributed by atoms with Crippen LogP contribution < -0.4 is 0 Å². The van der Waals surface area contributed by atoms with Crippen molar-refractivity contribution >= 4 is 10.8 Å². The Morgan fingerprint density at radius 1 is 0.816 bits per heavy atom. The zero-order valence-corrected chi connectivity index (χ0v) is 25.9. The second-order valence-electron chi connectivity index (χ2n) is 11.3. The molecule has 38 heavy (non-hydrogen) atoms. The fourth-order valence-electron chi connectivity index (χ4n) is 7.42. The molecule has 5 rings (SSSR count). The zero-order chi connectivity index (χ0) is 26.4. The molecule has 2 aliphatic carbocycles. The summed E-state index contributed by atoms with van der Waals surface area (Å²) in [5.41, 5.74) is 2.01. The third-order valence-corrected chi connectivity index (χ3v) is 9.58. The van der Waals surface area contributed by atoms with Gasteiger partial charge in [0.1, 0.15) is 0 Å². The van der Waals surface area contributed by atoms with E-state index in [-0.39, 0.29) is 38.2 Å². The minimum Gasteiger partial charge on any atom is -0.392 e. The van der Waals surface area contributed by atoms with Crippen molar-refractivity contribution in [1.82, 2.24) is 4.98 Å². The second kappa shape index (κ2) is 14.7. The number of aromatic nitrogens is 1. The molecular formula is C34H46IrNO2-. The van der Waals surface area contributed by atoms with E-state index >= 15 is 0 Å². The van der Waals surface area contributed by atoms with Gasteiger partial charge in [-0.25, -0.2) is 0 Å². The molecule has 0 saturated heterocycles. The zero-order valence-electron chi connectivity index (χ0n) is 23.5. The summed E-state index contributed by atoms with van der Waals surface area (Å²) in [5.74, 6) is 2.80. The number of nitrogens with zero attached hydrogens (tertiary/aromatic N) is 1. The molecule has 0 amide bonds. The summed E-state index contributed by atoms with van der Waals surface area (Å²) < 4.78 is 0. The van der Waals surface area contributed by atoms with Crippen molar-refractivity contribution in [3.8, 4) is 11.3 Å². The van der Waals surface area contributed by atoms with Crippen LogP contribution in [0.3, 0.4) is 0 Å². The Hall–Kier alpha value is -1.58. The van der Waals surface area contributed by atoms with Gasteiger partial charge in [-0.15, -0.1) is 35.9 Å². The van der Waals surface area contributed by atoms with Gasteiger partial charge in [0.2, 0.25) is 0 Å². The first-order valence-corrected chi connectivity index (χ1v) is 14.7. The number of aliphatic hydroxyl groups is 2. The van der Waals surface area contributed by atoms with Crippen molar-refractivity contribution in [1.29, 1.82) is 0 Å². The summed E-state index contributed by atoms with van der Waals surface area (Å²) in [7, 11) is 0. The summed E-state index contributed by atoms with van der Waals surface area (Å²) >= 11 is 0. The fourth-order valence-corrected chi connectivity index (χ4v) is 7.42. The van der Waals surface area contributed by atoms with E-state index in [1.54, 1.807) is 0 Å². The van der Waals surface area contributed by atoms with Crippen LogP contribution in [0.5, 0.6) is 0 Å². The van der Waals surface area contributed by atoms with Crippen molar-refractivity contribution in [3.63, 3.8) is 0 Å². The molecule has 2 saturated carbocycles. The summed E-state index contributed by atoms with van der Waals surface area (Å²) in [5, 5.41) is 24.2. The van der Waals surface area contributed by atoms with Crippen LogP contribution in [-0.4, -0.2) is 27.4 Å². The molecule has 1 radical (unpaired) electrons. The predicted octanol–water partition coefficient (Wildman–Crippen LogP) is 7.94. The van der Waals surface area contributed by atoms with Crippen molar-refractivity contribution in [2.24, 2.45) is 35.5 Å². The quantitative estimate of drug-likeness (QED) is 0.247. The van der Waals surface area contributed by atoms with Gasteiger partial charge in [-0.1, -0.05) is 83.7 Å². The number of benzene rings is 2. The van der Waals surface area contributed by atoms with E-state index in [4.69, 9.17) is 0 Å². The molecule has 1 heterocycles. The topological polar surface area (TPSA) is 53.4 Å². The molecule has 2 aromatic carbocycles. The number of hydrogen-bond acceptors (Lipinski definition) is 3. The predicted molar refractivity (Wildman–Crippen MR) is 154 cm³/mol. The molecular weight excluding hydrogens is 647 g/mol. The number of fused-ring (bicyclic) bond motifs is 2. The van der Waals surface area contributed by atoms with E-state index in [0.717, 1.165) is 49.8 Å². The van der Waals surface area contributed by atoms with Gasteiger partial charge in [0.05, 0.1) is 12.2 Å². The number of rotatable bonds is 7. The number of hydrogen-bond donors (Lipinski definition) is 2. The molecule has 0 spiro atoms. The molecule has 3 aromatic rings. The summed E-state index contributed by atoms with van der Waals surface area (Å²) in [4.78, 5) is 4.45. The first-order chi connectivity index (χ1) is 18.0.